The Morgan fingerprint density at radius 1 is 1.40 bits per heavy atom. The molecular weight excluding hydrogens is 188 g/mol. The summed E-state index contributed by atoms with van der Waals surface area (Å²) in [7, 11) is 0. The number of carbonyl (C=O) groups excluding carboxylic acids is 1. The maximum atomic E-state index is 12.2. The van der Waals surface area contributed by atoms with Crippen LogP contribution in [-0.4, -0.2) is 29.4 Å². The third-order valence-electron chi connectivity index (χ3n) is 3.29. The van der Waals surface area contributed by atoms with Gasteiger partial charge < -0.3 is 10.6 Å². The lowest BCUT2D eigenvalue weighted by Gasteiger charge is -2.38. The molecule has 1 aliphatic heterocycles. The third kappa shape index (κ3) is 2.94. The van der Waals surface area contributed by atoms with Crippen molar-refractivity contribution in [2.75, 3.05) is 6.54 Å². The molecule has 1 heterocycles. The Kier molecular flexibility index (Phi) is 3.77. The number of hydrogen-bond acceptors (Lipinski definition) is 2. The molecule has 1 fully saturated rings. The Balaban J connectivity index is 2.66. The van der Waals surface area contributed by atoms with Gasteiger partial charge >= 0.3 is 0 Å². The minimum absolute atomic E-state index is 0.120. The van der Waals surface area contributed by atoms with Crippen LogP contribution in [0.15, 0.2) is 0 Å². The summed E-state index contributed by atoms with van der Waals surface area (Å²) in [5.41, 5.74) is 5.85. The van der Waals surface area contributed by atoms with E-state index < -0.39 is 0 Å². The molecule has 0 bridgehead atoms. The van der Waals surface area contributed by atoms with Gasteiger partial charge in [-0.25, -0.2) is 0 Å². The van der Waals surface area contributed by atoms with Gasteiger partial charge in [0, 0.05) is 12.6 Å². The molecule has 1 saturated heterocycles. The lowest BCUT2D eigenvalue weighted by molar-refractivity contribution is -0.138. The highest BCUT2D eigenvalue weighted by Gasteiger charge is 2.33. The molecule has 0 aliphatic carbocycles. The van der Waals surface area contributed by atoms with Crippen molar-refractivity contribution in [1.29, 1.82) is 0 Å². The standard InChI is InChI=1S/C12H24N2O/c1-9-7-5-6-8-14(9)11(15)10(13)12(2,3)4/h9-10H,5-8,13H2,1-4H3/t9?,10-/m0/s1. The van der Waals surface area contributed by atoms with Crippen molar-refractivity contribution in [2.45, 2.75) is 59.0 Å². The first kappa shape index (κ1) is 12.5. The molecule has 1 amide bonds. The third-order valence-corrected chi connectivity index (χ3v) is 3.29. The molecule has 3 heteroatoms. The van der Waals surface area contributed by atoms with E-state index in [9.17, 15) is 4.79 Å². The lowest BCUT2D eigenvalue weighted by Crippen LogP contribution is -2.54. The van der Waals surface area contributed by atoms with Crippen LogP contribution in [0.4, 0.5) is 0 Å². The molecule has 0 aromatic heterocycles. The van der Waals surface area contributed by atoms with Crippen LogP contribution in [0.3, 0.4) is 0 Å². The molecule has 1 aliphatic rings. The van der Waals surface area contributed by atoms with E-state index in [1.54, 1.807) is 0 Å². The Morgan fingerprint density at radius 3 is 2.47 bits per heavy atom. The topological polar surface area (TPSA) is 46.3 Å². The lowest BCUT2D eigenvalue weighted by atomic mass is 9.86. The summed E-state index contributed by atoms with van der Waals surface area (Å²) in [6.45, 7) is 9.05. The molecule has 88 valence electrons. The van der Waals surface area contributed by atoms with Crippen LogP contribution >= 0.6 is 0 Å². The molecule has 2 N–H and O–H groups in total. The zero-order valence-corrected chi connectivity index (χ0v) is 10.4. The fraction of sp³-hybridized carbons (Fsp3) is 0.917. The molecule has 1 rings (SSSR count). The van der Waals surface area contributed by atoms with Gasteiger partial charge in [-0.05, 0) is 31.6 Å². The SMILES string of the molecule is CC1CCCCN1C(=O)[C@H](N)C(C)(C)C. The second-order valence-electron chi connectivity index (χ2n) is 5.72. The van der Waals surface area contributed by atoms with Crippen molar-refractivity contribution < 1.29 is 4.79 Å². The number of piperidine rings is 1. The van der Waals surface area contributed by atoms with E-state index in [2.05, 4.69) is 6.92 Å². The fourth-order valence-corrected chi connectivity index (χ4v) is 1.97. The summed E-state index contributed by atoms with van der Waals surface area (Å²) in [5, 5.41) is 0. The summed E-state index contributed by atoms with van der Waals surface area (Å²) in [6.07, 6.45) is 3.46. The second-order valence-corrected chi connectivity index (χ2v) is 5.72. The number of nitrogens with zero attached hydrogens (tertiary/aromatic N) is 1. The average Bonchev–Trinajstić information content (AvgIpc) is 2.15. The van der Waals surface area contributed by atoms with Crippen LogP contribution in [0.2, 0.25) is 0 Å². The van der Waals surface area contributed by atoms with E-state index in [1.807, 2.05) is 25.7 Å². The largest absolute Gasteiger partial charge is 0.339 e. The van der Waals surface area contributed by atoms with Gasteiger partial charge in [0.05, 0.1) is 6.04 Å². The van der Waals surface area contributed by atoms with E-state index >= 15 is 0 Å². The van der Waals surface area contributed by atoms with Crippen LogP contribution in [0, 0.1) is 5.41 Å². The van der Waals surface area contributed by atoms with E-state index in [4.69, 9.17) is 5.73 Å². The second kappa shape index (κ2) is 4.52. The normalized spacial score (nSPS) is 25.1. The van der Waals surface area contributed by atoms with Crippen LogP contribution in [-0.2, 0) is 4.79 Å². The van der Waals surface area contributed by atoms with Gasteiger partial charge in [0.2, 0.25) is 5.91 Å². The number of amides is 1. The van der Waals surface area contributed by atoms with Gasteiger partial charge in [0.1, 0.15) is 0 Å². The highest BCUT2D eigenvalue weighted by Crippen LogP contribution is 2.23. The molecule has 0 spiro atoms. The Labute approximate surface area is 93.0 Å². The minimum Gasteiger partial charge on any atom is -0.339 e. The Hall–Kier alpha value is -0.570. The average molecular weight is 212 g/mol. The summed E-state index contributed by atoms with van der Waals surface area (Å²) >= 11 is 0. The van der Waals surface area contributed by atoms with Crippen LogP contribution in [0.1, 0.15) is 47.0 Å². The first-order valence-corrected chi connectivity index (χ1v) is 5.90. The number of carbonyl (C=O) groups is 1. The molecule has 15 heavy (non-hydrogen) atoms. The molecular formula is C12H24N2O. The van der Waals surface area contributed by atoms with Gasteiger partial charge in [-0.1, -0.05) is 20.8 Å². The van der Waals surface area contributed by atoms with E-state index in [0.29, 0.717) is 6.04 Å². The molecule has 3 nitrogen and oxygen atoms in total. The minimum atomic E-state index is -0.377. The van der Waals surface area contributed by atoms with Crippen molar-refractivity contribution in [3.63, 3.8) is 0 Å². The van der Waals surface area contributed by atoms with E-state index in [1.165, 1.54) is 6.42 Å². The fourth-order valence-electron chi connectivity index (χ4n) is 1.97. The summed E-state index contributed by atoms with van der Waals surface area (Å²) < 4.78 is 0. The maximum absolute atomic E-state index is 12.2. The zero-order valence-electron chi connectivity index (χ0n) is 10.4. The quantitative estimate of drug-likeness (QED) is 0.720. The molecule has 2 atom stereocenters. The van der Waals surface area contributed by atoms with Crippen molar-refractivity contribution in [2.24, 2.45) is 11.1 Å². The highest BCUT2D eigenvalue weighted by atomic mass is 16.2. The first-order chi connectivity index (χ1) is 6.84. The van der Waals surface area contributed by atoms with Crippen molar-refractivity contribution in [1.82, 2.24) is 4.90 Å². The van der Waals surface area contributed by atoms with Crippen molar-refractivity contribution in [3.8, 4) is 0 Å². The molecule has 0 aromatic rings. The highest BCUT2D eigenvalue weighted by molar-refractivity contribution is 5.82. The van der Waals surface area contributed by atoms with Crippen LogP contribution < -0.4 is 5.73 Å². The van der Waals surface area contributed by atoms with Gasteiger partial charge in [0.25, 0.3) is 0 Å². The molecule has 0 radical (unpaired) electrons. The van der Waals surface area contributed by atoms with E-state index in [0.717, 1.165) is 19.4 Å². The predicted molar refractivity (Wildman–Crippen MR) is 62.5 cm³/mol. The summed E-state index contributed by atoms with van der Waals surface area (Å²) in [6, 6.07) is -0.0160. The van der Waals surface area contributed by atoms with Gasteiger partial charge in [-0.15, -0.1) is 0 Å². The smallest absolute Gasteiger partial charge is 0.240 e. The maximum Gasteiger partial charge on any atom is 0.240 e. The number of rotatable bonds is 1. The molecule has 1 unspecified atom stereocenters. The molecule has 0 aromatic carbocycles. The number of hydrogen-bond donors (Lipinski definition) is 1. The Bertz CT molecular complexity index is 232. The first-order valence-electron chi connectivity index (χ1n) is 5.90. The van der Waals surface area contributed by atoms with Crippen molar-refractivity contribution >= 4 is 5.91 Å². The van der Waals surface area contributed by atoms with Crippen LogP contribution in [0.25, 0.3) is 0 Å². The number of likely N-dealkylation sites (tertiary alicyclic amines) is 1. The van der Waals surface area contributed by atoms with E-state index in [-0.39, 0.29) is 17.4 Å². The summed E-state index contributed by atoms with van der Waals surface area (Å²) in [4.78, 5) is 14.1. The van der Waals surface area contributed by atoms with Crippen molar-refractivity contribution in [3.05, 3.63) is 0 Å². The predicted octanol–water partition coefficient (Wildman–Crippen LogP) is 1.76. The van der Waals surface area contributed by atoms with Gasteiger partial charge in [-0.2, -0.15) is 0 Å². The van der Waals surface area contributed by atoms with Crippen LogP contribution in [0.5, 0.6) is 0 Å². The Morgan fingerprint density at radius 2 is 2.00 bits per heavy atom. The van der Waals surface area contributed by atoms with Gasteiger partial charge in [-0.3, -0.25) is 4.79 Å². The van der Waals surface area contributed by atoms with Gasteiger partial charge in [0.15, 0.2) is 0 Å². The molecule has 0 saturated carbocycles. The zero-order chi connectivity index (χ0) is 11.6. The summed E-state index contributed by atoms with van der Waals surface area (Å²) in [5.74, 6) is 0.120. The monoisotopic (exact) mass is 212 g/mol. The number of nitrogens with two attached hydrogens (primary N) is 1.